The number of nitrogens with zero attached hydrogens (tertiary/aromatic N) is 3. The molecule has 0 aliphatic carbocycles. The number of nitro groups is 1. The van der Waals surface area contributed by atoms with Gasteiger partial charge in [0.2, 0.25) is 5.89 Å². The van der Waals surface area contributed by atoms with E-state index in [1.807, 2.05) is 26.1 Å². The number of aromatic nitrogens is 2. The molecule has 0 aliphatic rings. The first-order valence-corrected chi connectivity index (χ1v) is 8.96. The number of hydrogen-bond acceptors (Lipinski definition) is 5. The third kappa shape index (κ3) is 4.27. The molecule has 0 saturated carbocycles. The Balaban J connectivity index is 1.75. The van der Waals surface area contributed by atoms with E-state index in [1.165, 1.54) is 12.1 Å². The van der Waals surface area contributed by atoms with Crippen LogP contribution in [0.4, 0.5) is 5.69 Å². The van der Waals surface area contributed by atoms with Crippen molar-refractivity contribution in [2.75, 3.05) is 7.05 Å². The predicted molar refractivity (Wildman–Crippen MR) is 102 cm³/mol. The van der Waals surface area contributed by atoms with Crippen molar-refractivity contribution in [1.82, 2.24) is 10.2 Å². The van der Waals surface area contributed by atoms with Crippen molar-refractivity contribution < 1.29 is 14.2 Å². The van der Waals surface area contributed by atoms with Crippen molar-refractivity contribution in [1.29, 1.82) is 0 Å². The van der Waals surface area contributed by atoms with E-state index in [4.69, 9.17) is 27.6 Å². The highest BCUT2D eigenvalue weighted by molar-refractivity contribution is 6.42. The molecule has 27 heavy (non-hydrogen) atoms. The van der Waals surface area contributed by atoms with Crippen LogP contribution in [0.2, 0.25) is 10.0 Å². The van der Waals surface area contributed by atoms with Crippen LogP contribution in [0.25, 0.3) is 11.5 Å². The van der Waals surface area contributed by atoms with Crippen LogP contribution in [0, 0.1) is 10.1 Å². The molecule has 9 heteroatoms. The maximum absolute atomic E-state index is 10.7. The molecule has 3 aromatic rings. The van der Waals surface area contributed by atoms with Gasteiger partial charge in [-0.05, 0) is 25.1 Å². The minimum Gasteiger partial charge on any atom is -0.415 e. The summed E-state index contributed by atoms with van der Waals surface area (Å²) >= 11 is 12.3. The van der Waals surface area contributed by atoms with Gasteiger partial charge in [-0.2, -0.15) is 0 Å². The zero-order valence-corrected chi connectivity index (χ0v) is 16.2. The lowest BCUT2D eigenvalue weighted by Gasteiger charge is -2.19. The Labute approximate surface area is 165 Å². The van der Waals surface area contributed by atoms with Gasteiger partial charge in [-0.1, -0.05) is 35.3 Å². The molecule has 140 valence electrons. The molecule has 7 nitrogen and oxygen atoms in total. The molecule has 1 N–H and O–H groups in total. The summed E-state index contributed by atoms with van der Waals surface area (Å²) in [5.74, 6) is 0.791. The average Bonchev–Trinajstić information content (AvgIpc) is 3.15. The van der Waals surface area contributed by atoms with Crippen LogP contribution in [-0.2, 0) is 6.54 Å². The Morgan fingerprint density at radius 1 is 1.19 bits per heavy atom. The molecule has 1 unspecified atom stereocenters. The van der Waals surface area contributed by atoms with E-state index >= 15 is 0 Å². The van der Waals surface area contributed by atoms with E-state index < -0.39 is 4.92 Å². The van der Waals surface area contributed by atoms with Crippen LogP contribution in [0.15, 0.2) is 46.9 Å². The fourth-order valence-electron chi connectivity index (χ4n) is 2.60. The molecule has 0 saturated heterocycles. The molecule has 0 radical (unpaired) electrons. The molecule has 0 aliphatic heterocycles. The Hall–Kier alpha value is -2.48. The van der Waals surface area contributed by atoms with Crippen molar-refractivity contribution in [2.24, 2.45) is 0 Å². The maximum atomic E-state index is 10.7. The number of non-ortho nitro benzene ring substituents is 1. The van der Waals surface area contributed by atoms with Crippen molar-refractivity contribution >= 4 is 28.9 Å². The molecule has 0 bridgehead atoms. The summed E-state index contributed by atoms with van der Waals surface area (Å²) in [6.07, 6.45) is 0. The Bertz CT molecular complexity index is 959. The SMILES string of the molecule is C[C@@H](c1nnc(-c2ccc([N+](=O)[O-])cc2)o1)[NH+](C)Cc1cccc(Cl)c1Cl. The van der Waals surface area contributed by atoms with Crippen LogP contribution in [0.1, 0.15) is 24.4 Å². The lowest BCUT2D eigenvalue weighted by molar-refractivity contribution is -0.925. The molecule has 2 atom stereocenters. The summed E-state index contributed by atoms with van der Waals surface area (Å²) in [6, 6.07) is 11.4. The Morgan fingerprint density at radius 2 is 1.89 bits per heavy atom. The van der Waals surface area contributed by atoms with Crippen LogP contribution >= 0.6 is 23.2 Å². The lowest BCUT2D eigenvalue weighted by Crippen LogP contribution is -3.07. The summed E-state index contributed by atoms with van der Waals surface area (Å²) in [5.41, 5.74) is 1.57. The fraction of sp³-hybridized carbons (Fsp3) is 0.222. The van der Waals surface area contributed by atoms with Crippen molar-refractivity contribution in [3.05, 3.63) is 74.1 Å². The second kappa shape index (κ2) is 8.04. The lowest BCUT2D eigenvalue weighted by atomic mass is 10.2. The van der Waals surface area contributed by atoms with Crippen LogP contribution in [0.5, 0.6) is 0 Å². The molecule has 1 aromatic heterocycles. The molecule has 1 heterocycles. The first kappa shape index (κ1) is 19.3. The largest absolute Gasteiger partial charge is 0.415 e. The van der Waals surface area contributed by atoms with E-state index in [9.17, 15) is 10.1 Å². The minimum atomic E-state index is -0.454. The highest BCUT2D eigenvalue weighted by Gasteiger charge is 2.23. The fourth-order valence-corrected chi connectivity index (χ4v) is 2.99. The number of quaternary nitrogens is 1. The number of halogens is 2. The standard InChI is InChI=1S/C18H16Cl2N4O3/c1-11(23(2)10-13-4-3-5-15(19)16(13)20)17-21-22-18(27-17)12-6-8-14(9-7-12)24(25)26/h3-9,11H,10H2,1-2H3/p+1/t11-/m0/s1. The quantitative estimate of drug-likeness (QED) is 0.496. The van der Waals surface area contributed by atoms with Gasteiger partial charge < -0.3 is 9.32 Å². The van der Waals surface area contributed by atoms with Crippen LogP contribution < -0.4 is 4.90 Å². The van der Waals surface area contributed by atoms with Gasteiger partial charge in [0, 0.05) is 23.3 Å². The Kier molecular flexibility index (Phi) is 5.74. The number of benzene rings is 2. The average molecular weight is 408 g/mol. The smallest absolute Gasteiger partial charge is 0.274 e. The van der Waals surface area contributed by atoms with E-state index in [-0.39, 0.29) is 11.7 Å². The van der Waals surface area contributed by atoms with Crippen molar-refractivity contribution in [3.63, 3.8) is 0 Å². The topological polar surface area (TPSA) is 86.5 Å². The second-order valence-electron chi connectivity index (χ2n) is 6.21. The van der Waals surface area contributed by atoms with E-state index in [2.05, 4.69) is 10.2 Å². The molecule has 2 aromatic carbocycles. The molecule has 0 amide bonds. The van der Waals surface area contributed by atoms with E-state index in [0.29, 0.717) is 33.9 Å². The predicted octanol–water partition coefficient (Wildman–Crippen LogP) is 3.73. The summed E-state index contributed by atoms with van der Waals surface area (Å²) < 4.78 is 5.77. The highest BCUT2D eigenvalue weighted by Crippen LogP contribution is 2.25. The second-order valence-corrected chi connectivity index (χ2v) is 6.99. The van der Waals surface area contributed by atoms with E-state index in [0.717, 1.165) is 10.5 Å². The van der Waals surface area contributed by atoms with E-state index in [1.54, 1.807) is 18.2 Å². The van der Waals surface area contributed by atoms with Crippen molar-refractivity contribution in [2.45, 2.75) is 19.5 Å². The first-order chi connectivity index (χ1) is 12.9. The number of rotatable bonds is 6. The molecule has 0 spiro atoms. The third-order valence-electron chi connectivity index (χ3n) is 4.38. The number of nitrogens with one attached hydrogen (secondary N) is 1. The maximum Gasteiger partial charge on any atom is 0.274 e. The van der Waals surface area contributed by atoms with Gasteiger partial charge in [-0.15, -0.1) is 10.2 Å². The number of hydrogen-bond donors (Lipinski definition) is 1. The molecule has 0 fully saturated rings. The minimum absolute atomic E-state index is 0.00874. The first-order valence-electron chi connectivity index (χ1n) is 8.20. The Morgan fingerprint density at radius 3 is 2.56 bits per heavy atom. The highest BCUT2D eigenvalue weighted by atomic mass is 35.5. The van der Waals surface area contributed by atoms with Gasteiger partial charge >= 0.3 is 0 Å². The van der Waals surface area contributed by atoms with Crippen LogP contribution in [0.3, 0.4) is 0 Å². The summed E-state index contributed by atoms with van der Waals surface area (Å²) in [6.45, 7) is 2.61. The number of nitro benzene ring substituents is 1. The van der Waals surface area contributed by atoms with Crippen LogP contribution in [-0.4, -0.2) is 22.2 Å². The van der Waals surface area contributed by atoms with Gasteiger partial charge in [-0.3, -0.25) is 10.1 Å². The summed E-state index contributed by atoms with van der Waals surface area (Å²) in [5, 5.41) is 20.0. The molecule has 3 rings (SSSR count). The van der Waals surface area contributed by atoms with Gasteiger partial charge in [0.25, 0.3) is 11.6 Å². The van der Waals surface area contributed by atoms with Gasteiger partial charge in [0.1, 0.15) is 6.54 Å². The van der Waals surface area contributed by atoms with Crippen molar-refractivity contribution in [3.8, 4) is 11.5 Å². The van der Waals surface area contributed by atoms with Gasteiger partial charge in [0.05, 0.1) is 22.0 Å². The third-order valence-corrected chi connectivity index (χ3v) is 5.23. The monoisotopic (exact) mass is 407 g/mol. The zero-order chi connectivity index (χ0) is 19.6. The summed E-state index contributed by atoms with van der Waals surface area (Å²) in [4.78, 5) is 11.4. The summed E-state index contributed by atoms with van der Waals surface area (Å²) in [7, 11) is 2.00. The molecular weight excluding hydrogens is 391 g/mol. The van der Waals surface area contributed by atoms with Gasteiger partial charge in [0.15, 0.2) is 6.04 Å². The normalized spacial score (nSPS) is 13.3. The van der Waals surface area contributed by atoms with Gasteiger partial charge in [-0.25, -0.2) is 0 Å². The molecular formula is C18H17Cl2N4O3+. The zero-order valence-electron chi connectivity index (χ0n) is 14.6.